The number of rotatable bonds is 5. The highest BCUT2D eigenvalue weighted by Crippen LogP contribution is 2.24. The van der Waals surface area contributed by atoms with Gasteiger partial charge in [0.05, 0.1) is 29.2 Å². The van der Waals surface area contributed by atoms with Crippen molar-refractivity contribution in [3.63, 3.8) is 0 Å². The number of nitrogens with zero attached hydrogens (tertiary/aromatic N) is 7. The number of hydrogen-bond donors (Lipinski definition) is 1. The molecule has 1 aliphatic heterocycles. The molecule has 35 heavy (non-hydrogen) atoms. The smallest absolute Gasteiger partial charge is 0.257 e. The fourth-order valence-electron chi connectivity index (χ4n) is 5.07. The van der Waals surface area contributed by atoms with Gasteiger partial charge in [0.25, 0.3) is 5.56 Å². The number of anilines is 1. The first-order chi connectivity index (χ1) is 16.9. The van der Waals surface area contributed by atoms with Crippen molar-refractivity contribution in [1.29, 1.82) is 5.26 Å². The molecule has 1 aromatic carbocycles. The van der Waals surface area contributed by atoms with E-state index < -0.39 is 6.10 Å². The van der Waals surface area contributed by atoms with E-state index in [0.29, 0.717) is 23.3 Å². The van der Waals surface area contributed by atoms with Crippen LogP contribution in [-0.2, 0) is 6.54 Å². The third-order valence-electron chi connectivity index (χ3n) is 6.66. The molecule has 0 amide bonds. The molecule has 0 spiro atoms. The zero-order chi connectivity index (χ0) is 24.7. The number of hydrogen-bond acceptors (Lipinski definition) is 7. The van der Waals surface area contributed by atoms with Crippen LogP contribution in [-0.4, -0.2) is 67.8 Å². The Balaban J connectivity index is 1.36. The number of β-amino-alcohol motifs (C(OH)–C–C–N with tert-alkyl or cyclic N) is 1. The van der Waals surface area contributed by atoms with Gasteiger partial charge in [-0.25, -0.2) is 9.97 Å². The third-order valence-corrected chi connectivity index (χ3v) is 6.66. The number of para-hydroxylation sites is 2. The van der Waals surface area contributed by atoms with Crippen LogP contribution in [0.5, 0.6) is 0 Å². The predicted molar refractivity (Wildman–Crippen MR) is 135 cm³/mol. The zero-order valence-corrected chi connectivity index (χ0v) is 20.3. The van der Waals surface area contributed by atoms with Gasteiger partial charge in [-0.15, -0.1) is 0 Å². The molecule has 180 valence electrons. The number of benzene rings is 1. The Hall–Kier alpha value is -3.74. The van der Waals surface area contributed by atoms with Gasteiger partial charge in [0.1, 0.15) is 11.7 Å². The topological polar surface area (TPSA) is 103 Å². The molecular formula is C26H29N7O2. The average Bonchev–Trinajstić information content (AvgIpc) is 3.13. The van der Waals surface area contributed by atoms with Crippen LogP contribution in [0.15, 0.2) is 41.2 Å². The minimum Gasteiger partial charge on any atom is -0.390 e. The summed E-state index contributed by atoms with van der Waals surface area (Å²) >= 11 is 0. The lowest BCUT2D eigenvalue weighted by Gasteiger charge is -2.35. The summed E-state index contributed by atoms with van der Waals surface area (Å²) in [6, 6.07) is 13.3. The van der Waals surface area contributed by atoms with Crippen LogP contribution in [0.1, 0.15) is 22.5 Å². The fourth-order valence-corrected chi connectivity index (χ4v) is 5.07. The molecule has 9 nitrogen and oxygen atoms in total. The summed E-state index contributed by atoms with van der Waals surface area (Å²) in [6.45, 7) is 9.69. The van der Waals surface area contributed by atoms with E-state index in [-0.39, 0.29) is 12.1 Å². The lowest BCUT2D eigenvalue weighted by Crippen LogP contribution is -2.49. The summed E-state index contributed by atoms with van der Waals surface area (Å²) in [5, 5.41) is 20.9. The van der Waals surface area contributed by atoms with Crippen LogP contribution in [0.4, 0.5) is 5.95 Å². The summed E-state index contributed by atoms with van der Waals surface area (Å²) in [4.78, 5) is 26.4. The van der Waals surface area contributed by atoms with Crippen molar-refractivity contribution in [2.75, 3.05) is 37.6 Å². The summed E-state index contributed by atoms with van der Waals surface area (Å²) < 4.78 is 3.49. The minimum atomic E-state index is -0.666. The first kappa shape index (κ1) is 23.0. The van der Waals surface area contributed by atoms with Crippen molar-refractivity contribution in [1.82, 2.24) is 23.8 Å². The summed E-state index contributed by atoms with van der Waals surface area (Å²) in [6.07, 6.45) is -0.666. The molecule has 0 bridgehead atoms. The van der Waals surface area contributed by atoms with Gasteiger partial charge in [0, 0.05) is 50.2 Å². The normalized spacial score (nSPS) is 15.6. The molecular weight excluding hydrogens is 442 g/mol. The highest BCUT2D eigenvalue weighted by molar-refractivity contribution is 5.84. The van der Waals surface area contributed by atoms with Crippen LogP contribution in [0, 0.1) is 32.1 Å². The Morgan fingerprint density at radius 3 is 2.31 bits per heavy atom. The van der Waals surface area contributed by atoms with Crippen LogP contribution >= 0.6 is 0 Å². The number of aromatic nitrogens is 4. The fraction of sp³-hybridized carbons (Fsp3) is 0.385. The van der Waals surface area contributed by atoms with Crippen molar-refractivity contribution in [3.05, 3.63) is 69.3 Å². The van der Waals surface area contributed by atoms with Gasteiger partial charge < -0.3 is 14.6 Å². The molecule has 0 aliphatic carbocycles. The molecule has 4 aromatic rings. The number of nitriles is 1. The quantitative estimate of drug-likeness (QED) is 0.475. The van der Waals surface area contributed by atoms with E-state index in [1.807, 2.05) is 48.7 Å². The van der Waals surface area contributed by atoms with E-state index >= 15 is 0 Å². The van der Waals surface area contributed by atoms with Gasteiger partial charge in [-0.2, -0.15) is 5.26 Å². The zero-order valence-electron chi connectivity index (χ0n) is 20.3. The summed E-state index contributed by atoms with van der Waals surface area (Å²) in [7, 11) is 0. The van der Waals surface area contributed by atoms with E-state index in [0.717, 1.165) is 54.5 Å². The Morgan fingerprint density at radius 2 is 1.66 bits per heavy atom. The van der Waals surface area contributed by atoms with E-state index in [4.69, 9.17) is 0 Å². The lowest BCUT2D eigenvalue weighted by atomic mass is 10.1. The largest absolute Gasteiger partial charge is 0.390 e. The van der Waals surface area contributed by atoms with Crippen molar-refractivity contribution in [2.45, 2.75) is 33.4 Å². The van der Waals surface area contributed by atoms with Gasteiger partial charge in [0.2, 0.25) is 5.95 Å². The highest BCUT2D eigenvalue weighted by Gasteiger charge is 2.23. The average molecular weight is 472 g/mol. The predicted octanol–water partition coefficient (Wildman–Crippen LogP) is 2.02. The van der Waals surface area contributed by atoms with E-state index in [1.165, 1.54) is 6.07 Å². The second-order valence-corrected chi connectivity index (χ2v) is 9.30. The van der Waals surface area contributed by atoms with Crippen LogP contribution in [0.25, 0.3) is 16.7 Å². The molecule has 3 aromatic heterocycles. The number of pyridine rings is 1. The SMILES string of the molecule is Cc1cc(C)nc(N2CCN(CC(O)Cn3c4ccccc4n4c(=O)cc(C)c(C#N)c34)CC2)n1. The Kier molecular flexibility index (Phi) is 6.01. The van der Waals surface area contributed by atoms with Gasteiger partial charge in [0.15, 0.2) is 0 Å². The molecule has 1 aliphatic rings. The molecule has 1 N–H and O–H groups in total. The number of aliphatic hydroxyl groups is 1. The molecule has 0 radical (unpaired) electrons. The minimum absolute atomic E-state index is 0.175. The van der Waals surface area contributed by atoms with Crippen LogP contribution < -0.4 is 10.5 Å². The second kappa shape index (κ2) is 9.13. The summed E-state index contributed by atoms with van der Waals surface area (Å²) in [5.41, 5.74) is 4.93. The Labute approximate surface area is 203 Å². The van der Waals surface area contributed by atoms with E-state index in [1.54, 1.807) is 11.3 Å². The molecule has 0 saturated carbocycles. The van der Waals surface area contributed by atoms with Crippen molar-refractivity contribution >= 4 is 22.6 Å². The summed E-state index contributed by atoms with van der Waals surface area (Å²) in [5.74, 6) is 0.762. The number of fused-ring (bicyclic) bond motifs is 3. The van der Waals surface area contributed by atoms with E-state index in [2.05, 4.69) is 25.8 Å². The maximum absolute atomic E-state index is 12.8. The standard InChI is InChI=1S/C26H29N7O2/c1-17-12-24(35)33-23-7-5-4-6-22(23)32(25(33)21(17)14-27)16-20(34)15-30-8-10-31(11-9-30)26-28-18(2)13-19(3)29-26/h4-7,12-13,20,34H,8-11,15-16H2,1-3H3. The Bertz CT molecular complexity index is 1490. The highest BCUT2D eigenvalue weighted by atomic mass is 16.3. The first-order valence-corrected chi connectivity index (χ1v) is 11.9. The lowest BCUT2D eigenvalue weighted by molar-refractivity contribution is 0.0966. The number of aliphatic hydroxyl groups excluding tert-OH is 1. The molecule has 1 fully saturated rings. The van der Waals surface area contributed by atoms with Gasteiger partial charge in [-0.3, -0.25) is 14.1 Å². The van der Waals surface area contributed by atoms with Gasteiger partial charge >= 0.3 is 0 Å². The van der Waals surface area contributed by atoms with Gasteiger partial charge in [-0.05, 0) is 44.5 Å². The van der Waals surface area contributed by atoms with Crippen LogP contribution in [0.3, 0.4) is 0 Å². The Morgan fingerprint density at radius 1 is 1.00 bits per heavy atom. The maximum Gasteiger partial charge on any atom is 0.257 e. The number of aryl methyl sites for hydroxylation is 3. The van der Waals surface area contributed by atoms with Crippen LogP contribution in [0.2, 0.25) is 0 Å². The third kappa shape index (κ3) is 4.27. The molecule has 1 unspecified atom stereocenters. The molecule has 9 heteroatoms. The number of piperazine rings is 1. The van der Waals surface area contributed by atoms with Gasteiger partial charge in [-0.1, -0.05) is 12.1 Å². The maximum atomic E-state index is 12.8. The number of imidazole rings is 1. The molecule has 5 rings (SSSR count). The van der Waals surface area contributed by atoms with E-state index in [9.17, 15) is 15.2 Å². The second-order valence-electron chi connectivity index (χ2n) is 9.30. The molecule has 1 saturated heterocycles. The monoisotopic (exact) mass is 471 g/mol. The van der Waals surface area contributed by atoms with Crippen molar-refractivity contribution < 1.29 is 5.11 Å². The first-order valence-electron chi connectivity index (χ1n) is 11.9. The molecule has 1 atom stereocenters. The molecule has 4 heterocycles. The van der Waals surface area contributed by atoms with Crippen molar-refractivity contribution in [2.24, 2.45) is 0 Å². The van der Waals surface area contributed by atoms with Crippen molar-refractivity contribution in [3.8, 4) is 6.07 Å².